The zero-order valence-electron chi connectivity index (χ0n) is 10.9. The summed E-state index contributed by atoms with van der Waals surface area (Å²) in [6.45, 7) is 3.18. The molecule has 0 N–H and O–H groups in total. The Morgan fingerprint density at radius 2 is 1.42 bits per heavy atom. The summed E-state index contributed by atoms with van der Waals surface area (Å²) in [5.41, 5.74) is 6.10. The van der Waals surface area contributed by atoms with Crippen LogP contribution in [0.2, 0.25) is 0 Å². The zero-order chi connectivity index (χ0) is 13.1. The number of hydrogen-bond donors (Lipinski definition) is 0. The van der Waals surface area contributed by atoms with Gasteiger partial charge >= 0.3 is 0 Å². The molecule has 0 aliphatic carbocycles. The van der Waals surface area contributed by atoms with Crippen LogP contribution in [-0.2, 0) is 6.54 Å². The fourth-order valence-corrected chi connectivity index (χ4v) is 3.38. The van der Waals surface area contributed by atoms with Crippen molar-refractivity contribution in [3.63, 3.8) is 0 Å². The van der Waals surface area contributed by atoms with Gasteiger partial charge in [0, 0.05) is 5.56 Å². The molecule has 3 rings (SSSR count). The largest absolute Gasteiger partial charge is 0.231 e. The Labute approximate surface area is 117 Å². The highest BCUT2D eigenvalue weighted by Crippen LogP contribution is 2.33. The van der Waals surface area contributed by atoms with Crippen molar-refractivity contribution >= 4 is 11.3 Å². The van der Waals surface area contributed by atoms with E-state index in [2.05, 4.69) is 77.7 Å². The molecule has 0 amide bonds. The van der Waals surface area contributed by atoms with E-state index in [4.69, 9.17) is 0 Å². The van der Waals surface area contributed by atoms with Crippen LogP contribution in [0.4, 0.5) is 0 Å². The van der Waals surface area contributed by atoms with E-state index >= 15 is 0 Å². The summed E-state index contributed by atoms with van der Waals surface area (Å²) >= 11 is 1.81. The van der Waals surface area contributed by atoms with E-state index in [1.807, 2.05) is 11.3 Å². The maximum absolute atomic E-state index is 2.32. The Kier molecular flexibility index (Phi) is 3.43. The van der Waals surface area contributed by atoms with Crippen LogP contribution in [0.1, 0.15) is 6.92 Å². The molecule has 19 heavy (non-hydrogen) atoms. The Morgan fingerprint density at radius 1 is 0.842 bits per heavy atom. The van der Waals surface area contributed by atoms with Crippen molar-refractivity contribution in [3.05, 3.63) is 66.2 Å². The second kappa shape index (κ2) is 5.37. The molecule has 0 saturated carbocycles. The van der Waals surface area contributed by atoms with Crippen LogP contribution >= 0.6 is 11.3 Å². The van der Waals surface area contributed by atoms with Gasteiger partial charge in [-0.15, -0.1) is 0 Å². The highest BCUT2D eigenvalue weighted by atomic mass is 32.1. The molecule has 0 spiro atoms. The van der Waals surface area contributed by atoms with Gasteiger partial charge in [0.1, 0.15) is 11.4 Å². The van der Waals surface area contributed by atoms with Crippen LogP contribution < -0.4 is 4.57 Å². The molecule has 0 bridgehead atoms. The van der Waals surface area contributed by atoms with Crippen LogP contribution in [0.3, 0.4) is 0 Å². The average molecular weight is 266 g/mol. The van der Waals surface area contributed by atoms with Gasteiger partial charge in [-0.3, -0.25) is 0 Å². The van der Waals surface area contributed by atoms with E-state index in [9.17, 15) is 0 Å². The predicted molar refractivity (Wildman–Crippen MR) is 81.1 cm³/mol. The van der Waals surface area contributed by atoms with E-state index in [0.717, 1.165) is 6.54 Å². The molecule has 0 saturated heterocycles. The van der Waals surface area contributed by atoms with Gasteiger partial charge in [-0.1, -0.05) is 59.9 Å². The first kappa shape index (κ1) is 12.1. The minimum absolute atomic E-state index is 0.994. The Bertz CT molecular complexity index is 656. The molecule has 0 aliphatic heterocycles. The van der Waals surface area contributed by atoms with E-state index in [-0.39, 0.29) is 0 Å². The van der Waals surface area contributed by atoms with Gasteiger partial charge < -0.3 is 0 Å². The fourth-order valence-electron chi connectivity index (χ4n) is 2.28. The molecule has 1 nitrogen and oxygen atoms in total. The third-order valence-corrected chi connectivity index (χ3v) is 4.25. The summed E-state index contributed by atoms with van der Waals surface area (Å²) < 4.78 is 2.32. The standard InChI is InChI=1S/C17H16NS/c1-2-18-13-19-17(15-11-7-4-8-12-15)16(18)14-9-5-3-6-10-14/h3-13H,2H2,1H3/q+1. The lowest BCUT2D eigenvalue weighted by atomic mass is 10.1. The number of benzene rings is 2. The van der Waals surface area contributed by atoms with Crippen molar-refractivity contribution in [2.45, 2.75) is 13.5 Å². The molecule has 0 unspecified atom stereocenters. The van der Waals surface area contributed by atoms with Crippen molar-refractivity contribution in [2.24, 2.45) is 0 Å². The first-order valence-electron chi connectivity index (χ1n) is 6.52. The third kappa shape index (κ3) is 2.32. The number of nitrogens with zero attached hydrogens (tertiary/aromatic N) is 1. The van der Waals surface area contributed by atoms with Crippen molar-refractivity contribution in [1.82, 2.24) is 0 Å². The number of hydrogen-bond acceptors (Lipinski definition) is 1. The maximum Gasteiger partial charge on any atom is 0.231 e. The molecule has 1 heterocycles. The minimum atomic E-state index is 0.994. The number of thiazole rings is 1. The topological polar surface area (TPSA) is 3.88 Å². The highest BCUT2D eigenvalue weighted by Gasteiger charge is 2.21. The average Bonchev–Trinajstić information content (AvgIpc) is 2.93. The second-order valence-corrected chi connectivity index (χ2v) is 5.27. The van der Waals surface area contributed by atoms with Gasteiger partial charge in [0.05, 0.1) is 0 Å². The van der Waals surface area contributed by atoms with Crippen molar-refractivity contribution in [1.29, 1.82) is 0 Å². The van der Waals surface area contributed by atoms with Crippen LogP contribution in [0, 0.1) is 0 Å². The van der Waals surface area contributed by atoms with Crippen molar-refractivity contribution < 1.29 is 4.57 Å². The smallest absolute Gasteiger partial charge is 0.188 e. The molecule has 1 aromatic heterocycles. The summed E-state index contributed by atoms with van der Waals surface area (Å²) in [6, 6.07) is 21.2. The lowest BCUT2D eigenvalue weighted by molar-refractivity contribution is -0.677. The van der Waals surface area contributed by atoms with Crippen LogP contribution in [0.5, 0.6) is 0 Å². The quantitative estimate of drug-likeness (QED) is 0.619. The van der Waals surface area contributed by atoms with Gasteiger partial charge in [0.15, 0.2) is 0 Å². The molecule has 3 aromatic rings. The molecule has 0 atom stereocenters. The summed E-state index contributed by atoms with van der Waals surface area (Å²) in [6.07, 6.45) is 0. The SMILES string of the molecule is CC[n+]1csc(-c2ccccc2)c1-c1ccccc1. The Hall–Kier alpha value is -1.93. The molecule has 0 radical (unpaired) electrons. The Morgan fingerprint density at radius 3 is 2.00 bits per heavy atom. The lowest BCUT2D eigenvalue weighted by Gasteiger charge is -2.01. The van der Waals surface area contributed by atoms with Crippen molar-refractivity contribution in [3.8, 4) is 21.7 Å². The molecule has 94 valence electrons. The summed E-state index contributed by atoms with van der Waals surface area (Å²) in [4.78, 5) is 1.34. The Balaban J connectivity index is 2.20. The predicted octanol–water partition coefficient (Wildman–Crippen LogP) is 4.39. The molecule has 2 heteroatoms. The molecular weight excluding hydrogens is 250 g/mol. The summed E-state index contributed by atoms with van der Waals surface area (Å²) in [5.74, 6) is 0. The van der Waals surface area contributed by atoms with Gasteiger partial charge in [0.25, 0.3) is 0 Å². The molecule has 0 fully saturated rings. The van der Waals surface area contributed by atoms with Gasteiger partial charge in [0.2, 0.25) is 11.2 Å². The monoisotopic (exact) mass is 266 g/mol. The lowest BCUT2D eigenvalue weighted by Crippen LogP contribution is -2.31. The first-order valence-corrected chi connectivity index (χ1v) is 7.40. The minimum Gasteiger partial charge on any atom is -0.188 e. The van der Waals surface area contributed by atoms with Gasteiger partial charge in [-0.25, -0.2) is 0 Å². The van der Waals surface area contributed by atoms with Crippen molar-refractivity contribution in [2.75, 3.05) is 0 Å². The number of rotatable bonds is 3. The zero-order valence-corrected chi connectivity index (χ0v) is 11.7. The first-order chi connectivity index (χ1) is 9.40. The van der Waals surface area contributed by atoms with Crippen LogP contribution in [-0.4, -0.2) is 0 Å². The maximum atomic E-state index is 2.32. The van der Waals surface area contributed by atoms with Crippen LogP contribution in [0.15, 0.2) is 66.2 Å². The summed E-state index contributed by atoms with van der Waals surface area (Å²) in [5, 5.41) is 0. The van der Waals surface area contributed by atoms with E-state index in [0.29, 0.717) is 0 Å². The molecular formula is C17H16NS+. The van der Waals surface area contributed by atoms with Gasteiger partial charge in [-0.05, 0) is 24.6 Å². The molecule has 2 aromatic carbocycles. The van der Waals surface area contributed by atoms with Crippen LogP contribution in [0.25, 0.3) is 21.7 Å². The normalized spacial score (nSPS) is 10.6. The van der Waals surface area contributed by atoms with E-state index in [1.165, 1.54) is 21.7 Å². The van der Waals surface area contributed by atoms with Gasteiger partial charge in [-0.2, -0.15) is 4.57 Å². The highest BCUT2D eigenvalue weighted by molar-refractivity contribution is 7.13. The van der Waals surface area contributed by atoms with E-state index in [1.54, 1.807) is 0 Å². The second-order valence-electron chi connectivity index (χ2n) is 4.42. The number of aryl methyl sites for hydroxylation is 1. The molecule has 0 aliphatic rings. The van der Waals surface area contributed by atoms with E-state index < -0.39 is 0 Å². The number of aromatic nitrogens is 1. The third-order valence-electron chi connectivity index (χ3n) is 3.22. The summed E-state index contributed by atoms with van der Waals surface area (Å²) in [7, 11) is 0. The fraction of sp³-hybridized carbons (Fsp3) is 0.118.